The zero-order chi connectivity index (χ0) is 19.1. The minimum atomic E-state index is -0.896. The molecule has 0 spiro atoms. The molecule has 2 aromatic carbocycles. The first-order valence-electron chi connectivity index (χ1n) is 9.14. The van der Waals surface area contributed by atoms with Gasteiger partial charge in [-0.05, 0) is 55.5 Å². The summed E-state index contributed by atoms with van der Waals surface area (Å²) >= 11 is 0. The summed E-state index contributed by atoms with van der Waals surface area (Å²) in [6, 6.07) is 7.72. The van der Waals surface area contributed by atoms with Gasteiger partial charge in [0, 0.05) is 18.5 Å². The summed E-state index contributed by atoms with van der Waals surface area (Å²) in [4.78, 5) is 11.2. The summed E-state index contributed by atoms with van der Waals surface area (Å²) < 4.78 is 28.2. The second-order valence-corrected chi connectivity index (χ2v) is 7.31. The minimum Gasteiger partial charge on any atom is -0.504 e. The molecule has 1 aliphatic rings. The number of rotatable bonds is 2. The molecule has 0 aliphatic carbocycles. The van der Waals surface area contributed by atoms with Gasteiger partial charge in [-0.15, -0.1) is 0 Å². The molecule has 1 aromatic heterocycles. The van der Waals surface area contributed by atoms with Crippen LogP contribution in [0.4, 0.5) is 14.6 Å². The zero-order valence-electron chi connectivity index (χ0n) is 15.3. The highest BCUT2D eigenvalue weighted by Gasteiger charge is 2.23. The van der Waals surface area contributed by atoms with Crippen molar-refractivity contribution in [2.45, 2.75) is 26.7 Å². The van der Waals surface area contributed by atoms with Gasteiger partial charge in [0.2, 0.25) is 0 Å². The largest absolute Gasteiger partial charge is 0.504 e. The molecule has 0 unspecified atom stereocenters. The van der Waals surface area contributed by atoms with E-state index < -0.39 is 17.4 Å². The van der Waals surface area contributed by atoms with Gasteiger partial charge in [-0.3, -0.25) is 0 Å². The summed E-state index contributed by atoms with van der Waals surface area (Å²) in [5.74, 6) is -1.06. The molecule has 27 heavy (non-hydrogen) atoms. The van der Waals surface area contributed by atoms with E-state index in [1.54, 1.807) is 0 Å². The van der Waals surface area contributed by atoms with Gasteiger partial charge in [-0.1, -0.05) is 13.0 Å². The molecule has 3 aromatic rings. The van der Waals surface area contributed by atoms with Crippen LogP contribution in [0.2, 0.25) is 0 Å². The van der Waals surface area contributed by atoms with E-state index in [0.29, 0.717) is 17.3 Å². The Labute approximate surface area is 156 Å². The molecule has 1 N–H and O–H groups in total. The number of aromatic nitrogens is 2. The van der Waals surface area contributed by atoms with Crippen molar-refractivity contribution in [3.05, 3.63) is 47.5 Å². The number of nitrogens with zero attached hydrogens (tertiary/aromatic N) is 3. The first kappa shape index (κ1) is 17.6. The molecule has 0 saturated carbocycles. The fourth-order valence-corrected chi connectivity index (χ4v) is 3.55. The quantitative estimate of drug-likeness (QED) is 0.703. The molecular formula is C21H21F2N3O. The first-order chi connectivity index (χ1) is 12.9. The van der Waals surface area contributed by atoms with Crippen molar-refractivity contribution in [2.75, 3.05) is 18.0 Å². The molecule has 1 saturated heterocycles. The number of anilines is 1. The van der Waals surface area contributed by atoms with Gasteiger partial charge < -0.3 is 10.0 Å². The van der Waals surface area contributed by atoms with E-state index in [1.165, 1.54) is 0 Å². The van der Waals surface area contributed by atoms with Crippen LogP contribution in [0.3, 0.4) is 0 Å². The van der Waals surface area contributed by atoms with E-state index in [2.05, 4.69) is 21.8 Å². The van der Waals surface area contributed by atoms with Crippen LogP contribution < -0.4 is 4.90 Å². The predicted molar refractivity (Wildman–Crippen MR) is 102 cm³/mol. The van der Waals surface area contributed by atoms with Crippen molar-refractivity contribution >= 4 is 16.7 Å². The maximum atomic E-state index is 14.4. The van der Waals surface area contributed by atoms with Gasteiger partial charge in [0.05, 0.1) is 11.1 Å². The van der Waals surface area contributed by atoms with Crippen LogP contribution in [-0.4, -0.2) is 28.2 Å². The lowest BCUT2D eigenvalue weighted by molar-refractivity contribution is 0.428. The van der Waals surface area contributed by atoms with E-state index >= 15 is 0 Å². The molecule has 4 nitrogen and oxygen atoms in total. The van der Waals surface area contributed by atoms with Crippen molar-refractivity contribution in [1.29, 1.82) is 0 Å². The lowest BCUT2D eigenvalue weighted by Crippen LogP contribution is -2.33. The molecule has 0 radical (unpaired) electrons. The normalized spacial score (nSPS) is 15.5. The van der Waals surface area contributed by atoms with E-state index in [-0.39, 0.29) is 11.4 Å². The number of phenolic OH excluding ortho intramolecular Hbond substituents is 1. The summed E-state index contributed by atoms with van der Waals surface area (Å²) in [7, 11) is 0. The number of halogens is 2. The predicted octanol–water partition coefficient (Wildman–Crippen LogP) is 4.83. The third-order valence-electron chi connectivity index (χ3n) is 5.22. The number of phenols is 1. The molecule has 4 rings (SSSR count). The molecule has 0 bridgehead atoms. The smallest absolute Gasteiger partial charge is 0.168 e. The Bertz CT molecular complexity index is 1010. The van der Waals surface area contributed by atoms with E-state index in [4.69, 9.17) is 0 Å². The lowest BCUT2D eigenvalue weighted by atomic mass is 9.99. The van der Waals surface area contributed by atoms with Crippen molar-refractivity contribution in [2.24, 2.45) is 5.92 Å². The standard InChI is InChI=1S/C21H21F2N3O/c1-12-7-9-26(10-8-12)21-14-4-3-13(2)11-17(14)24-20(25-21)18-15(22)5-6-16(23)19(18)27/h3-6,11-12,27H,7-10H2,1-2H3. The van der Waals surface area contributed by atoms with Gasteiger partial charge in [0.15, 0.2) is 17.4 Å². The highest BCUT2D eigenvalue weighted by atomic mass is 19.1. The fourth-order valence-electron chi connectivity index (χ4n) is 3.55. The Morgan fingerprint density at radius 1 is 1.04 bits per heavy atom. The number of aromatic hydroxyl groups is 1. The number of piperidine rings is 1. The fraction of sp³-hybridized carbons (Fsp3) is 0.333. The number of benzene rings is 2. The number of hydrogen-bond donors (Lipinski definition) is 1. The topological polar surface area (TPSA) is 49.2 Å². The van der Waals surface area contributed by atoms with Crippen LogP contribution in [-0.2, 0) is 0 Å². The van der Waals surface area contributed by atoms with Crippen LogP contribution in [0.15, 0.2) is 30.3 Å². The Morgan fingerprint density at radius 2 is 1.74 bits per heavy atom. The van der Waals surface area contributed by atoms with Gasteiger partial charge >= 0.3 is 0 Å². The Morgan fingerprint density at radius 3 is 2.48 bits per heavy atom. The summed E-state index contributed by atoms with van der Waals surface area (Å²) in [6.07, 6.45) is 2.10. The van der Waals surface area contributed by atoms with Crippen molar-refractivity contribution < 1.29 is 13.9 Å². The molecule has 140 valence electrons. The van der Waals surface area contributed by atoms with Crippen LogP contribution in [0.25, 0.3) is 22.3 Å². The van der Waals surface area contributed by atoms with Gasteiger partial charge in [0.1, 0.15) is 11.6 Å². The van der Waals surface area contributed by atoms with Gasteiger partial charge in [-0.25, -0.2) is 18.7 Å². The van der Waals surface area contributed by atoms with Crippen LogP contribution in [0, 0.1) is 24.5 Å². The highest BCUT2D eigenvalue weighted by Crippen LogP contribution is 2.36. The monoisotopic (exact) mass is 369 g/mol. The molecule has 0 amide bonds. The van der Waals surface area contributed by atoms with E-state index in [1.807, 2.05) is 25.1 Å². The Hall–Kier alpha value is -2.76. The second-order valence-electron chi connectivity index (χ2n) is 7.31. The third kappa shape index (κ3) is 3.20. The molecule has 2 heterocycles. The summed E-state index contributed by atoms with van der Waals surface area (Å²) in [5.41, 5.74) is 1.36. The molecule has 0 atom stereocenters. The van der Waals surface area contributed by atoms with Gasteiger partial charge in [-0.2, -0.15) is 0 Å². The Kier molecular flexibility index (Phi) is 4.42. The van der Waals surface area contributed by atoms with Gasteiger partial charge in [0.25, 0.3) is 0 Å². The average Bonchev–Trinajstić information content (AvgIpc) is 2.65. The first-order valence-corrected chi connectivity index (χ1v) is 9.14. The molecule has 6 heteroatoms. The van der Waals surface area contributed by atoms with Crippen LogP contribution >= 0.6 is 0 Å². The van der Waals surface area contributed by atoms with Crippen molar-refractivity contribution in [1.82, 2.24) is 9.97 Å². The maximum Gasteiger partial charge on any atom is 0.168 e. The van der Waals surface area contributed by atoms with Crippen LogP contribution in [0.5, 0.6) is 5.75 Å². The maximum absolute atomic E-state index is 14.4. The summed E-state index contributed by atoms with van der Waals surface area (Å²) in [6.45, 7) is 5.87. The van der Waals surface area contributed by atoms with Crippen molar-refractivity contribution in [3.8, 4) is 17.1 Å². The van der Waals surface area contributed by atoms with E-state index in [0.717, 1.165) is 49.0 Å². The number of fused-ring (bicyclic) bond motifs is 1. The van der Waals surface area contributed by atoms with E-state index in [9.17, 15) is 13.9 Å². The highest BCUT2D eigenvalue weighted by molar-refractivity contribution is 5.92. The van der Waals surface area contributed by atoms with Crippen molar-refractivity contribution in [3.63, 3.8) is 0 Å². The number of aryl methyl sites for hydroxylation is 1. The SMILES string of the molecule is Cc1ccc2c(N3CCC(C)CC3)nc(-c3c(F)ccc(F)c3O)nc2c1. The zero-order valence-corrected chi connectivity index (χ0v) is 15.3. The average molecular weight is 369 g/mol. The van der Waals surface area contributed by atoms with Crippen LogP contribution in [0.1, 0.15) is 25.3 Å². The Balaban J connectivity index is 1.94. The molecule has 1 fully saturated rings. The second kappa shape index (κ2) is 6.76. The molecule has 1 aliphatic heterocycles. The molecular weight excluding hydrogens is 348 g/mol. The third-order valence-corrected chi connectivity index (χ3v) is 5.22. The summed E-state index contributed by atoms with van der Waals surface area (Å²) in [5, 5.41) is 11.0. The minimum absolute atomic E-state index is 0.00350. The number of hydrogen-bond acceptors (Lipinski definition) is 4. The lowest BCUT2D eigenvalue weighted by Gasteiger charge is -2.32.